The SMILES string of the molecule is CCNC(=NCCc1cc(Cl)c2c(c1)OCCO2)NCC.I. The first kappa shape index (κ1) is 19.2. The smallest absolute Gasteiger partial charge is 0.191 e. The Balaban J connectivity index is 0.00000242. The summed E-state index contributed by atoms with van der Waals surface area (Å²) in [6.45, 7) is 7.59. The lowest BCUT2D eigenvalue weighted by molar-refractivity contribution is 0.171. The Kier molecular flexibility index (Phi) is 8.70. The Hall–Kier alpha value is -0.890. The molecule has 2 N–H and O–H groups in total. The summed E-state index contributed by atoms with van der Waals surface area (Å²) in [4.78, 5) is 4.52. The Morgan fingerprint density at radius 3 is 2.55 bits per heavy atom. The quantitative estimate of drug-likeness (QED) is 0.421. The monoisotopic (exact) mass is 439 g/mol. The lowest BCUT2D eigenvalue weighted by Gasteiger charge is -2.20. The highest BCUT2D eigenvalue weighted by molar-refractivity contribution is 14.0. The molecular weight excluding hydrogens is 417 g/mol. The zero-order chi connectivity index (χ0) is 15.1. The number of benzene rings is 1. The maximum absolute atomic E-state index is 6.22. The summed E-state index contributed by atoms with van der Waals surface area (Å²) in [5, 5.41) is 7.00. The van der Waals surface area contributed by atoms with Crippen LogP contribution in [0.15, 0.2) is 17.1 Å². The fraction of sp³-hybridized carbons (Fsp3) is 0.533. The van der Waals surface area contributed by atoms with Crippen molar-refractivity contribution in [1.29, 1.82) is 0 Å². The zero-order valence-corrected chi connectivity index (χ0v) is 16.0. The molecule has 0 atom stereocenters. The van der Waals surface area contributed by atoms with Crippen LogP contribution >= 0.6 is 35.6 Å². The number of hydrogen-bond acceptors (Lipinski definition) is 3. The standard InChI is InChI=1S/C15H22ClN3O2.HI/c1-3-17-15(18-4-2)19-6-5-11-9-12(16)14-13(10-11)20-7-8-21-14;/h9-10H,3-8H2,1-2H3,(H2,17,18,19);1H. The molecule has 1 aliphatic heterocycles. The van der Waals surface area contributed by atoms with E-state index in [0.29, 0.717) is 30.5 Å². The molecule has 1 aromatic carbocycles. The van der Waals surface area contributed by atoms with Gasteiger partial charge in [-0.15, -0.1) is 24.0 Å². The van der Waals surface area contributed by atoms with Crippen LogP contribution in [0.5, 0.6) is 11.5 Å². The predicted octanol–water partition coefficient (Wildman–Crippen LogP) is 2.85. The number of fused-ring (bicyclic) bond motifs is 1. The fourth-order valence-electron chi connectivity index (χ4n) is 2.11. The summed E-state index contributed by atoms with van der Waals surface area (Å²) in [7, 11) is 0. The molecule has 0 unspecified atom stereocenters. The number of nitrogens with zero attached hydrogens (tertiary/aromatic N) is 1. The molecule has 1 aliphatic rings. The van der Waals surface area contributed by atoms with E-state index in [1.54, 1.807) is 0 Å². The highest BCUT2D eigenvalue weighted by Crippen LogP contribution is 2.38. The van der Waals surface area contributed by atoms with Crippen LogP contribution < -0.4 is 20.1 Å². The van der Waals surface area contributed by atoms with Gasteiger partial charge in [-0.05, 0) is 38.0 Å². The zero-order valence-electron chi connectivity index (χ0n) is 12.9. The number of halogens is 2. The second-order valence-electron chi connectivity index (χ2n) is 4.64. The van der Waals surface area contributed by atoms with E-state index in [1.165, 1.54) is 0 Å². The van der Waals surface area contributed by atoms with E-state index in [0.717, 1.165) is 36.8 Å². The van der Waals surface area contributed by atoms with Crippen molar-refractivity contribution in [2.75, 3.05) is 32.8 Å². The Morgan fingerprint density at radius 2 is 1.86 bits per heavy atom. The molecule has 0 spiro atoms. The van der Waals surface area contributed by atoms with E-state index in [1.807, 2.05) is 26.0 Å². The molecule has 2 rings (SSSR count). The van der Waals surface area contributed by atoms with Gasteiger partial charge in [-0.2, -0.15) is 0 Å². The van der Waals surface area contributed by atoms with Crippen LogP contribution in [-0.4, -0.2) is 38.8 Å². The number of hydrogen-bond donors (Lipinski definition) is 2. The number of nitrogens with one attached hydrogen (secondary N) is 2. The predicted molar refractivity (Wildman–Crippen MR) is 101 cm³/mol. The van der Waals surface area contributed by atoms with Gasteiger partial charge >= 0.3 is 0 Å². The van der Waals surface area contributed by atoms with Crippen LogP contribution in [0.4, 0.5) is 0 Å². The first-order valence-corrected chi connectivity index (χ1v) is 7.72. The number of rotatable bonds is 5. The van der Waals surface area contributed by atoms with Crippen molar-refractivity contribution < 1.29 is 9.47 Å². The van der Waals surface area contributed by atoms with E-state index >= 15 is 0 Å². The summed E-state index contributed by atoms with van der Waals surface area (Å²) in [6, 6.07) is 3.90. The van der Waals surface area contributed by atoms with Gasteiger partial charge in [0.1, 0.15) is 13.2 Å². The molecule has 0 aliphatic carbocycles. The van der Waals surface area contributed by atoms with Gasteiger partial charge in [0.15, 0.2) is 17.5 Å². The number of aliphatic imine (C=N–C) groups is 1. The minimum absolute atomic E-state index is 0. The van der Waals surface area contributed by atoms with E-state index in [2.05, 4.69) is 15.6 Å². The highest BCUT2D eigenvalue weighted by Gasteiger charge is 2.16. The molecule has 0 saturated carbocycles. The van der Waals surface area contributed by atoms with Crippen molar-refractivity contribution in [1.82, 2.24) is 10.6 Å². The first-order chi connectivity index (χ1) is 10.2. The molecule has 1 heterocycles. The molecule has 1 aromatic rings. The second kappa shape index (κ2) is 9.99. The van der Waals surface area contributed by atoms with Crippen LogP contribution in [0.2, 0.25) is 5.02 Å². The molecule has 0 aromatic heterocycles. The summed E-state index contributed by atoms with van der Waals surface area (Å²) in [6.07, 6.45) is 0.802. The Labute approximate surface area is 153 Å². The van der Waals surface area contributed by atoms with Gasteiger partial charge in [0, 0.05) is 19.6 Å². The number of guanidine groups is 1. The van der Waals surface area contributed by atoms with Gasteiger partial charge in [-0.1, -0.05) is 11.6 Å². The minimum Gasteiger partial charge on any atom is -0.486 e. The average molecular weight is 440 g/mol. The molecule has 0 saturated heterocycles. The van der Waals surface area contributed by atoms with Gasteiger partial charge in [0.25, 0.3) is 0 Å². The molecule has 0 bridgehead atoms. The largest absolute Gasteiger partial charge is 0.486 e. The first-order valence-electron chi connectivity index (χ1n) is 7.34. The molecule has 22 heavy (non-hydrogen) atoms. The molecule has 7 heteroatoms. The van der Waals surface area contributed by atoms with E-state index in [4.69, 9.17) is 21.1 Å². The van der Waals surface area contributed by atoms with Crippen molar-refractivity contribution in [3.8, 4) is 11.5 Å². The maximum atomic E-state index is 6.22. The van der Waals surface area contributed by atoms with Crippen molar-refractivity contribution in [2.45, 2.75) is 20.3 Å². The topological polar surface area (TPSA) is 54.9 Å². The van der Waals surface area contributed by atoms with Crippen LogP contribution in [0.3, 0.4) is 0 Å². The van der Waals surface area contributed by atoms with Gasteiger partial charge < -0.3 is 20.1 Å². The van der Waals surface area contributed by atoms with Crippen molar-refractivity contribution in [3.63, 3.8) is 0 Å². The third-order valence-electron chi connectivity index (χ3n) is 3.02. The summed E-state index contributed by atoms with van der Waals surface area (Å²) >= 11 is 6.22. The Morgan fingerprint density at radius 1 is 1.18 bits per heavy atom. The molecule has 0 fully saturated rings. The summed E-state index contributed by atoms with van der Waals surface area (Å²) in [5.74, 6) is 2.21. The normalized spacial score (nSPS) is 12.1. The van der Waals surface area contributed by atoms with Crippen LogP contribution in [-0.2, 0) is 6.42 Å². The third-order valence-corrected chi connectivity index (χ3v) is 3.30. The van der Waals surface area contributed by atoms with Crippen molar-refractivity contribution in [3.05, 3.63) is 22.7 Å². The molecule has 0 radical (unpaired) electrons. The molecule has 0 amide bonds. The summed E-state index contributed by atoms with van der Waals surface area (Å²) < 4.78 is 11.1. The lowest BCUT2D eigenvalue weighted by atomic mass is 10.1. The van der Waals surface area contributed by atoms with Gasteiger partial charge in [-0.25, -0.2) is 0 Å². The van der Waals surface area contributed by atoms with Crippen molar-refractivity contribution >= 4 is 41.5 Å². The highest BCUT2D eigenvalue weighted by atomic mass is 127. The van der Waals surface area contributed by atoms with E-state index < -0.39 is 0 Å². The fourth-order valence-corrected chi connectivity index (χ4v) is 2.40. The van der Waals surface area contributed by atoms with Crippen LogP contribution in [0, 0.1) is 0 Å². The maximum Gasteiger partial charge on any atom is 0.191 e. The number of ether oxygens (including phenoxy) is 2. The second-order valence-corrected chi connectivity index (χ2v) is 5.05. The van der Waals surface area contributed by atoms with Crippen molar-refractivity contribution in [2.24, 2.45) is 4.99 Å². The average Bonchev–Trinajstić information content (AvgIpc) is 2.48. The lowest BCUT2D eigenvalue weighted by Crippen LogP contribution is -2.37. The van der Waals surface area contributed by atoms with Gasteiger partial charge in [-0.3, -0.25) is 4.99 Å². The molecular formula is C15H23ClIN3O2. The van der Waals surface area contributed by atoms with Crippen LogP contribution in [0.25, 0.3) is 0 Å². The van der Waals surface area contributed by atoms with E-state index in [9.17, 15) is 0 Å². The molecule has 5 nitrogen and oxygen atoms in total. The Bertz CT molecular complexity index is 504. The molecule has 124 valence electrons. The summed E-state index contributed by atoms with van der Waals surface area (Å²) in [5.41, 5.74) is 1.10. The third kappa shape index (κ3) is 5.39. The van der Waals surface area contributed by atoms with Crippen LogP contribution in [0.1, 0.15) is 19.4 Å². The minimum atomic E-state index is 0. The van der Waals surface area contributed by atoms with E-state index in [-0.39, 0.29) is 24.0 Å². The van der Waals surface area contributed by atoms with Gasteiger partial charge in [0.2, 0.25) is 0 Å². The van der Waals surface area contributed by atoms with Gasteiger partial charge in [0.05, 0.1) is 5.02 Å².